The second-order valence-electron chi connectivity index (χ2n) is 6.61. The molecule has 0 amide bonds. The van der Waals surface area contributed by atoms with E-state index in [1.54, 1.807) is 19.3 Å². The number of hydrogen-bond acceptors (Lipinski definition) is 6. The number of methoxy groups -OCH3 is 2. The first-order valence-corrected chi connectivity index (χ1v) is 9.15. The van der Waals surface area contributed by atoms with Crippen LogP contribution in [0.25, 0.3) is 16.8 Å². The molecule has 28 heavy (non-hydrogen) atoms. The molecule has 2 aromatic carbocycles. The number of carbonyl (C=O) groups excluding carboxylic acids is 2. The predicted molar refractivity (Wildman–Crippen MR) is 105 cm³/mol. The molecule has 3 atom stereocenters. The van der Waals surface area contributed by atoms with E-state index in [1.165, 1.54) is 13.2 Å². The predicted octanol–water partition coefficient (Wildman–Crippen LogP) is 3.03. The zero-order chi connectivity index (χ0) is 19.9. The van der Waals surface area contributed by atoms with Gasteiger partial charge >= 0.3 is 5.97 Å². The summed E-state index contributed by atoms with van der Waals surface area (Å²) in [6.07, 6.45) is 5.62. The summed E-state index contributed by atoms with van der Waals surface area (Å²) in [5, 5.41) is 2.02. The fourth-order valence-corrected chi connectivity index (χ4v) is 3.32. The topological polar surface area (TPSA) is 71.1 Å². The molecule has 0 aliphatic carbocycles. The van der Waals surface area contributed by atoms with Crippen molar-refractivity contribution < 1.29 is 28.5 Å². The quantitative estimate of drug-likeness (QED) is 0.458. The Morgan fingerprint density at radius 2 is 1.79 bits per heavy atom. The van der Waals surface area contributed by atoms with Gasteiger partial charge in [-0.05, 0) is 41.0 Å². The monoisotopic (exact) mass is 384 g/mol. The number of carbonyl (C=O) groups is 2. The number of benzene rings is 2. The highest BCUT2D eigenvalue weighted by molar-refractivity contribution is 5.92. The molecule has 2 aliphatic heterocycles. The molecule has 2 saturated heterocycles. The number of fused-ring (bicyclic) bond motifs is 2. The molecule has 0 aromatic heterocycles. The minimum absolute atomic E-state index is 0.174. The first-order valence-electron chi connectivity index (χ1n) is 9.15. The average Bonchev–Trinajstić information content (AvgIpc) is 3.35. The van der Waals surface area contributed by atoms with Gasteiger partial charge in [0.2, 0.25) is 0 Å². The van der Waals surface area contributed by atoms with Gasteiger partial charge < -0.3 is 18.9 Å². The molecule has 0 bridgehead atoms. The molecule has 6 nitrogen and oxygen atoms in total. The van der Waals surface area contributed by atoms with Crippen LogP contribution in [0.1, 0.15) is 22.3 Å². The lowest BCUT2D eigenvalue weighted by Gasteiger charge is -2.12. The van der Waals surface area contributed by atoms with Crippen molar-refractivity contribution in [1.82, 2.24) is 0 Å². The molecular weight excluding hydrogens is 360 g/mol. The molecule has 2 aliphatic rings. The summed E-state index contributed by atoms with van der Waals surface area (Å²) in [5.74, 6) is -0.383. The zero-order valence-electron chi connectivity index (χ0n) is 16.0. The minimum atomic E-state index is -0.383. The van der Waals surface area contributed by atoms with Gasteiger partial charge in [0.15, 0.2) is 0 Å². The largest absolute Gasteiger partial charge is 0.466 e. The SMILES string of the molecule is COC(=O)/C=C/c1ccc2cc(C=O)ccc2c1.CO[C@@H]1COC2CCOC21. The molecule has 0 spiro atoms. The number of rotatable bonds is 4. The first-order chi connectivity index (χ1) is 13.6. The van der Waals surface area contributed by atoms with Crippen LogP contribution in [-0.2, 0) is 23.7 Å². The highest BCUT2D eigenvalue weighted by Gasteiger charge is 2.41. The van der Waals surface area contributed by atoms with E-state index in [4.69, 9.17) is 14.2 Å². The van der Waals surface area contributed by atoms with E-state index < -0.39 is 0 Å². The van der Waals surface area contributed by atoms with Crippen molar-refractivity contribution in [3.05, 3.63) is 53.6 Å². The number of esters is 1. The smallest absolute Gasteiger partial charge is 0.330 e. The third-order valence-electron chi connectivity index (χ3n) is 4.86. The highest BCUT2D eigenvalue weighted by atomic mass is 16.6. The molecule has 6 heteroatoms. The summed E-state index contributed by atoms with van der Waals surface area (Å²) in [6, 6.07) is 11.2. The summed E-state index contributed by atoms with van der Waals surface area (Å²) in [7, 11) is 3.05. The van der Waals surface area contributed by atoms with E-state index in [9.17, 15) is 9.59 Å². The Hall–Kier alpha value is -2.54. The van der Waals surface area contributed by atoms with Crippen LogP contribution in [0.2, 0.25) is 0 Å². The van der Waals surface area contributed by atoms with Crippen molar-refractivity contribution in [2.45, 2.75) is 24.7 Å². The van der Waals surface area contributed by atoms with Crippen molar-refractivity contribution >= 4 is 29.1 Å². The van der Waals surface area contributed by atoms with Gasteiger partial charge in [0, 0.05) is 25.4 Å². The third kappa shape index (κ3) is 4.84. The molecule has 0 saturated carbocycles. The van der Waals surface area contributed by atoms with E-state index in [-0.39, 0.29) is 18.2 Å². The summed E-state index contributed by atoms with van der Waals surface area (Å²) >= 11 is 0. The van der Waals surface area contributed by atoms with Gasteiger partial charge in [-0.25, -0.2) is 4.79 Å². The van der Waals surface area contributed by atoms with Gasteiger partial charge in [0.25, 0.3) is 0 Å². The van der Waals surface area contributed by atoms with Crippen LogP contribution in [0.4, 0.5) is 0 Å². The van der Waals surface area contributed by atoms with Crippen molar-refractivity contribution in [3.63, 3.8) is 0 Å². The Balaban J connectivity index is 0.000000188. The Morgan fingerprint density at radius 3 is 2.46 bits per heavy atom. The molecule has 2 unspecified atom stereocenters. The third-order valence-corrected chi connectivity index (χ3v) is 4.86. The van der Waals surface area contributed by atoms with Gasteiger partial charge in [0.05, 0.1) is 19.8 Å². The molecule has 2 aromatic rings. The standard InChI is InChI=1S/C15H12O3.C7H12O3/c1-18-15(17)7-4-11-2-5-14-9-12(10-16)3-6-13(14)8-11;1-8-6-4-10-5-2-3-9-7(5)6/h2-10H,1H3;5-7H,2-4H2,1H3/b7-4+;/t;5?,6-,7?/m.1/s1. The Bertz CT molecular complexity index is 859. The van der Waals surface area contributed by atoms with Crippen molar-refractivity contribution in [3.8, 4) is 0 Å². The number of aldehydes is 1. The van der Waals surface area contributed by atoms with Crippen molar-refractivity contribution in [2.75, 3.05) is 27.4 Å². The summed E-state index contributed by atoms with van der Waals surface area (Å²) < 4.78 is 20.6. The fraction of sp³-hybridized carbons (Fsp3) is 0.364. The van der Waals surface area contributed by atoms with Crippen LogP contribution < -0.4 is 0 Å². The Kier molecular flexibility index (Phi) is 6.92. The van der Waals surface area contributed by atoms with Crippen molar-refractivity contribution in [2.24, 2.45) is 0 Å². The van der Waals surface area contributed by atoms with Crippen LogP contribution in [0.5, 0.6) is 0 Å². The van der Waals surface area contributed by atoms with Gasteiger partial charge in [-0.2, -0.15) is 0 Å². The molecule has 4 rings (SSSR count). The zero-order valence-corrected chi connectivity index (χ0v) is 16.0. The van der Waals surface area contributed by atoms with Crippen LogP contribution in [0, 0.1) is 0 Å². The van der Waals surface area contributed by atoms with Crippen LogP contribution in [0.15, 0.2) is 42.5 Å². The molecule has 2 heterocycles. The maximum Gasteiger partial charge on any atom is 0.330 e. The van der Waals surface area contributed by atoms with Gasteiger partial charge in [-0.3, -0.25) is 4.79 Å². The molecule has 148 valence electrons. The molecule has 0 N–H and O–H groups in total. The molecule has 2 fully saturated rings. The van der Waals surface area contributed by atoms with Gasteiger partial charge in [0.1, 0.15) is 18.5 Å². The summed E-state index contributed by atoms with van der Waals surface area (Å²) in [4.78, 5) is 21.6. The van der Waals surface area contributed by atoms with Crippen LogP contribution in [-0.4, -0.2) is 58.0 Å². The van der Waals surface area contributed by atoms with E-state index in [1.807, 2.05) is 30.3 Å². The lowest BCUT2D eigenvalue weighted by molar-refractivity contribution is -0.134. The average molecular weight is 384 g/mol. The maximum absolute atomic E-state index is 11.0. The second kappa shape index (κ2) is 9.59. The Morgan fingerprint density at radius 1 is 1.07 bits per heavy atom. The fourth-order valence-electron chi connectivity index (χ4n) is 3.32. The first kappa shape index (κ1) is 20.2. The van der Waals surface area contributed by atoms with E-state index in [2.05, 4.69) is 4.74 Å². The maximum atomic E-state index is 11.0. The molecular formula is C22H24O6. The van der Waals surface area contributed by atoms with Crippen LogP contribution >= 0.6 is 0 Å². The second-order valence-corrected chi connectivity index (χ2v) is 6.61. The van der Waals surface area contributed by atoms with Crippen molar-refractivity contribution in [1.29, 1.82) is 0 Å². The number of hydrogen-bond donors (Lipinski definition) is 0. The van der Waals surface area contributed by atoms with E-state index in [0.29, 0.717) is 18.3 Å². The molecule has 0 radical (unpaired) electrons. The highest BCUT2D eigenvalue weighted by Crippen LogP contribution is 2.27. The van der Waals surface area contributed by atoms with Gasteiger partial charge in [-0.1, -0.05) is 24.3 Å². The van der Waals surface area contributed by atoms with Gasteiger partial charge in [-0.15, -0.1) is 0 Å². The Labute approximate surface area is 164 Å². The lowest BCUT2D eigenvalue weighted by atomic mass is 10.0. The summed E-state index contributed by atoms with van der Waals surface area (Å²) in [6.45, 7) is 1.53. The van der Waals surface area contributed by atoms with E-state index >= 15 is 0 Å². The minimum Gasteiger partial charge on any atom is -0.466 e. The number of ether oxygens (including phenoxy) is 4. The lowest BCUT2D eigenvalue weighted by Crippen LogP contribution is -2.28. The summed E-state index contributed by atoms with van der Waals surface area (Å²) in [5.41, 5.74) is 1.56. The normalized spacial score (nSPS) is 23.3. The van der Waals surface area contributed by atoms with Crippen LogP contribution in [0.3, 0.4) is 0 Å². The van der Waals surface area contributed by atoms with E-state index in [0.717, 1.165) is 35.6 Å².